The summed E-state index contributed by atoms with van der Waals surface area (Å²) in [7, 11) is 0. The molecule has 6 heteroatoms. The highest BCUT2D eigenvalue weighted by Crippen LogP contribution is 2.37. The standard InChI is InChI=1S/C18H30N4O2/c1-14-11-15(2)22(20-14)9-3-5-17(24)21-10-6-16-18(12-21,13-23)7-4-8-19-16/h11,16,19,23H,3-10,12-13H2,1-2H3/t16-,18-/m1/s1. The number of nitrogens with zero attached hydrogens (tertiary/aromatic N) is 3. The zero-order valence-electron chi connectivity index (χ0n) is 14.9. The summed E-state index contributed by atoms with van der Waals surface area (Å²) in [6.07, 6.45) is 4.40. The number of aryl methyl sites for hydroxylation is 3. The number of aliphatic hydroxyl groups excluding tert-OH is 1. The number of fused-ring (bicyclic) bond motifs is 1. The minimum absolute atomic E-state index is 0.137. The zero-order chi connectivity index (χ0) is 17.2. The first-order valence-corrected chi connectivity index (χ1v) is 9.17. The number of aliphatic hydroxyl groups is 1. The van der Waals surface area contributed by atoms with Gasteiger partial charge in [-0.3, -0.25) is 9.48 Å². The molecule has 1 aromatic rings. The molecule has 24 heavy (non-hydrogen) atoms. The zero-order valence-corrected chi connectivity index (χ0v) is 14.9. The summed E-state index contributed by atoms with van der Waals surface area (Å²) in [5, 5.41) is 17.9. The van der Waals surface area contributed by atoms with Crippen molar-refractivity contribution >= 4 is 5.91 Å². The molecule has 1 aromatic heterocycles. The molecule has 0 spiro atoms. The van der Waals surface area contributed by atoms with Crippen LogP contribution < -0.4 is 5.32 Å². The van der Waals surface area contributed by atoms with Crippen LogP contribution in [0.4, 0.5) is 0 Å². The number of likely N-dealkylation sites (tertiary alicyclic amines) is 1. The lowest BCUT2D eigenvalue weighted by Gasteiger charge is -2.50. The molecule has 2 atom stereocenters. The molecule has 0 aromatic carbocycles. The molecule has 2 aliphatic heterocycles. The van der Waals surface area contributed by atoms with Gasteiger partial charge in [0, 0.05) is 43.2 Å². The van der Waals surface area contributed by atoms with Gasteiger partial charge < -0.3 is 15.3 Å². The van der Waals surface area contributed by atoms with Crippen LogP contribution in [0.5, 0.6) is 0 Å². The maximum Gasteiger partial charge on any atom is 0.222 e. The fraction of sp³-hybridized carbons (Fsp3) is 0.778. The van der Waals surface area contributed by atoms with Crippen molar-refractivity contribution in [2.45, 2.75) is 58.5 Å². The molecular weight excluding hydrogens is 304 g/mol. The van der Waals surface area contributed by atoms with Gasteiger partial charge in [0.25, 0.3) is 0 Å². The van der Waals surface area contributed by atoms with Crippen LogP contribution in [0.15, 0.2) is 6.07 Å². The molecule has 2 fully saturated rings. The topological polar surface area (TPSA) is 70.4 Å². The maximum absolute atomic E-state index is 12.6. The quantitative estimate of drug-likeness (QED) is 0.850. The predicted octanol–water partition coefficient (Wildman–Crippen LogP) is 1.24. The van der Waals surface area contributed by atoms with Crippen LogP contribution in [-0.2, 0) is 11.3 Å². The van der Waals surface area contributed by atoms with Crippen molar-refractivity contribution in [2.24, 2.45) is 5.41 Å². The molecule has 2 N–H and O–H groups in total. The highest BCUT2D eigenvalue weighted by molar-refractivity contribution is 5.76. The summed E-state index contributed by atoms with van der Waals surface area (Å²) in [5.41, 5.74) is 2.03. The average Bonchev–Trinajstić information content (AvgIpc) is 2.91. The number of carbonyl (C=O) groups is 1. The van der Waals surface area contributed by atoms with Crippen LogP contribution in [-0.4, -0.2) is 58.0 Å². The summed E-state index contributed by atoms with van der Waals surface area (Å²) in [5.74, 6) is 0.216. The third kappa shape index (κ3) is 3.49. The van der Waals surface area contributed by atoms with Crippen molar-refractivity contribution in [3.05, 3.63) is 17.5 Å². The largest absolute Gasteiger partial charge is 0.396 e. The number of carbonyl (C=O) groups excluding carboxylic acids is 1. The second-order valence-corrected chi connectivity index (χ2v) is 7.49. The van der Waals surface area contributed by atoms with E-state index in [-0.39, 0.29) is 17.9 Å². The highest BCUT2D eigenvalue weighted by atomic mass is 16.3. The molecule has 1 amide bonds. The van der Waals surface area contributed by atoms with Crippen LogP contribution in [0.2, 0.25) is 0 Å². The monoisotopic (exact) mass is 334 g/mol. The van der Waals surface area contributed by atoms with Gasteiger partial charge in [-0.1, -0.05) is 0 Å². The fourth-order valence-electron chi connectivity index (χ4n) is 4.34. The van der Waals surface area contributed by atoms with Gasteiger partial charge in [0.1, 0.15) is 0 Å². The van der Waals surface area contributed by atoms with E-state index >= 15 is 0 Å². The van der Waals surface area contributed by atoms with Crippen molar-refractivity contribution < 1.29 is 9.90 Å². The first-order chi connectivity index (χ1) is 11.5. The number of rotatable bonds is 5. The van der Waals surface area contributed by atoms with Crippen LogP contribution in [0.1, 0.15) is 43.5 Å². The Labute approximate surface area is 144 Å². The van der Waals surface area contributed by atoms with E-state index < -0.39 is 0 Å². The number of aromatic nitrogens is 2. The lowest BCUT2D eigenvalue weighted by Crippen LogP contribution is -2.62. The molecule has 3 heterocycles. The van der Waals surface area contributed by atoms with E-state index in [1.54, 1.807) is 0 Å². The first kappa shape index (κ1) is 17.4. The van der Waals surface area contributed by atoms with Crippen LogP contribution >= 0.6 is 0 Å². The van der Waals surface area contributed by atoms with E-state index in [0.717, 1.165) is 56.7 Å². The predicted molar refractivity (Wildman–Crippen MR) is 92.7 cm³/mol. The summed E-state index contributed by atoms with van der Waals surface area (Å²) >= 11 is 0. The van der Waals surface area contributed by atoms with E-state index in [1.807, 2.05) is 23.4 Å². The molecule has 2 saturated heterocycles. The summed E-state index contributed by atoms with van der Waals surface area (Å²) in [4.78, 5) is 14.6. The van der Waals surface area contributed by atoms with Crippen LogP contribution in [0.25, 0.3) is 0 Å². The minimum atomic E-state index is -0.137. The van der Waals surface area contributed by atoms with Crippen molar-refractivity contribution in [2.75, 3.05) is 26.2 Å². The molecule has 0 bridgehead atoms. The first-order valence-electron chi connectivity index (χ1n) is 9.17. The summed E-state index contributed by atoms with van der Waals surface area (Å²) < 4.78 is 1.98. The van der Waals surface area contributed by atoms with Crippen LogP contribution in [0, 0.1) is 19.3 Å². The molecule has 0 unspecified atom stereocenters. The van der Waals surface area contributed by atoms with E-state index in [9.17, 15) is 9.90 Å². The Morgan fingerprint density at radius 3 is 3.04 bits per heavy atom. The Kier molecular flexibility index (Phi) is 5.25. The number of hydrogen-bond acceptors (Lipinski definition) is 4. The van der Waals surface area contributed by atoms with Gasteiger partial charge in [0.2, 0.25) is 5.91 Å². The lowest BCUT2D eigenvalue weighted by atomic mass is 9.70. The SMILES string of the molecule is Cc1cc(C)n(CCCC(=O)N2CC[C@H]3NCCC[C@]3(CO)C2)n1. The van der Waals surface area contributed by atoms with Gasteiger partial charge in [-0.15, -0.1) is 0 Å². The van der Waals surface area contributed by atoms with E-state index in [2.05, 4.69) is 16.5 Å². The van der Waals surface area contributed by atoms with Gasteiger partial charge in [-0.25, -0.2) is 0 Å². The molecule has 2 aliphatic rings. The van der Waals surface area contributed by atoms with E-state index in [0.29, 0.717) is 19.0 Å². The Hall–Kier alpha value is -1.40. The summed E-state index contributed by atoms with van der Waals surface area (Å²) in [6.45, 7) is 7.52. The molecular formula is C18H30N4O2. The number of hydrogen-bond donors (Lipinski definition) is 2. The third-order valence-electron chi connectivity index (χ3n) is 5.71. The Morgan fingerprint density at radius 1 is 1.50 bits per heavy atom. The number of nitrogens with one attached hydrogen (secondary N) is 1. The van der Waals surface area contributed by atoms with Gasteiger partial charge >= 0.3 is 0 Å². The highest BCUT2D eigenvalue weighted by Gasteiger charge is 2.45. The molecule has 0 aliphatic carbocycles. The Bertz CT molecular complexity index is 586. The molecule has 0 saturated carbocycles. The fourth-order valence-corrected chi connectivity index (χ4v) is 4.34. The Morgan fingerprint density at radius 2 is 2.33 bits per heavy atom. The second-order valence-electron chi connectivity index (χ2n) is 7.49. The smallest absolute Gasteiger partial charge is 0.222 e. The molecule has 0 radical (unpaired) electrons. The van der Waals surface area contributed by atoms with Crippen LogP contribution in [0.3, 0.4) is 0 Å². The van der Waals surface area contributed by atoms with Gasteiger partial charge in [0.05, 0.1) is 12.3 Å². The Balaban J connectivity index is 1.52. The van der Waals surface area contributed by atoms with Gasteiger partial charge in [-0.2, -0.15) is 5.10 Å². The van der Waals surface area contributed by atoms with Crippen molar-refractivity contribution in [3.8, 4) is 0 Å². The molecule has 134 valence electrons. The lowest BCUT2D eigenvalue weighted by molar-refractivity contribution is -0.137. The number of amides is 1. The molecule has 3 rings (SSSR count). The maximum atomic E-state index is 12.6. The van der Waals surface area contributed by atoms with E-state index in [1.165, 1.54) is 0 Å². The van der Waals surface area contributed by atoms with Crippen molar-refractivity contribution in [3.63, 3.8) is 0 Å². The van der Waals surface area contributed by atoms with Gasteiger partial charge in [-0.05, 0) is 52.1 Å². The van der Waals surface area contributed by atoms with E-state index in [4.69, 9.17) is 0 Å². The number of piperidine rings is 2. The minimum Gasteiger partial charge on any atom is -0.396 e. The normalized spacial score (nSPS) is 27.1. The van der Waals surface area contributed by atoms with Crippen molar-refractivity contribution in [1.29, 1.82) is 0 Å². The molecule has 6 nitrogen and oxygen atoms in total. The van der Waals surface area contributed by atoms with Gasteiger partial charge in [0.15, 0.2) is 0 Å². The summed E-state index contributed by atoms with van der Waals surface area (Å²) in [6, 6.07) is 2.42. The second kappa shape index (κ2) is 7.23. The average molecular weight is 334 g/mol. The van der Waals surface area contributed by atoms with Crippen molar-refractivity contribution in [1.82, 2.24) is 20.0 Å². The third-order valence-corrected chi connectivity index (χ3v) is 5.71.